The van der Waals surface area contributed by atoms with Crippen molar-refractivity contribution < 1.29 is 22.7 Å². The van der Waals surface area contributed by atoms with Crippen molar-refractivity contribution >= 4 is 21.7 Å². The van der Waals surface area contributed by atoms with Gasteiger partial charge in [0.2, 0.25) is 0 Å². The van der Waals surface area contributed by atoms with Crippen LogP contribution in [-0.2, 0) is 19.4 Å². The molecule has 0 N–H and O–H groups in total. The van der Waals surface area contributed by atoms with E-state index in [0.717, 1.165) is 5.56 Å². The maximum absolute atomic E-state index is 13.0. The van der Waals surface area contributed by atoms with Gasteiger partial charge in [-0.1, -0.05) is 48.5 Å². The number of amides is 1. The lowest BCUT2D eigenvalue weighted by molar-refractivity contribution is -0.136. The van der Waals surface area contributed by atoms with Crippen LogP contribution >= 0.6 is 0 Å². The molecule has 1 aliphatic rings. The van der Waals surface area contributed by atoms with Gasteiger partial charge in [-0.2, -0.15) is 5.10 Å². The Balaban J connectivity index is 1.54. The van der Waals surface area contributed by atoms with Gasteiger partial charge in [0.25, 0.3) is 5.91 Å². The first-order valence-electron chi connectivity index (χ1n) is 10.8. The highest BCUT2D eigenvalue weighted by molar-refractivity contribution is 7.91. The van der Waals surface area contributed by atoms with E-state index in [1.54, 1.807) is 13.0 Å². The number of aromatic nitrogens is 2. The van der Waals surface area contributed by atoms with Crippen molar-refractivity contribution in [2.45, 2.75) is 19.4 Å². The minimum atomic E-state index is -3.13. The highest BCUT2D eigenvalue weighted by Crippen LogP contribution is 2.22. The van der Waals surface area contributed by atoms with Crippen LogP contribution in [0.1, 0.15) is 23.8 Å². The molecule has 2 aromatic carbocycles. The molecular weight excluding hydrogens is 442 g/mol. The van der Waals surface area contributed by atoms with E-state index >= 15 is 0 Å². The maximum Gasteiger partial charge on any atom is 0.357 e. The molecular formula is C24H25N3O5S. The fraction of sp³-hybridized carbons (Fsp3) is 0.292. The van der Waals surface area contributed by atoms with Crippen molar-refractivity contribution in [3.8, 4) is 16.9 Å². The van der Waals surface area contributed by atoms with Crippen molar-refractivity contribution in [2.75, 3.05) is 24.7 Å². The molecule has 0 unspecified atom stereocenters. The molecule has 0 aliphatic carbocycles. The van der Waals surface area contributed by atoms with E-state index in [2.05, 4.69) is 5.10 Å². The SMILES string of the molecule is CCN(C(=O)COC(=O)c1cc(-c2ccccc2)nn1-c1ccccc1)[C@@H]1CCS(=O)(=O)C1. The molecule has 4 rings (SSSR count). The van der Waals surface area contributed by atoms with Crippen molar-refractivity contribution in [1.29, 1.82) is 0 Å². The molecule has 0 saturated carbocycles. The fourth-order valence-electron chi connectivity index (χ4n) is 3.99. The lowest BCUT2D eigenvalue weighted by Gasteiger charge is -2.26. The second-order valence-electron chi connectivity index (χ2n) is 7.84. The molecule has 33 heavy (non-hydrogen) atoms. The molecule has 9 heteroatoms. The standard InChI is InChI=1S/C24H25N3O5S/c1-2-26(20-13-14-33(30,31)17-20)23(28)16-32-24(29)22-15-21(18-9-5-3-6-10-18)25-27(22)19-11-7-4-8-12-19/h3-12,15,20H,2,13-14,16-17H2,1H3/t20-/m1/s1. The number of likely N-dealkylation sites (N-methyl/N-ethyl adjacent to an activating group) is 1. The lowest BCUT2D eigenvalue weighted by atomic mass is 10.1. The summed E-state index contributed by atoms with van der Waals surface area (Å²) in [7, 11) is -3.13. The minimum Gasteiger partial charge on any atom is -0.451 e. The van der Waals surface area contributed by atoms with Crippen LogP contribution < -0.4 is 0 Å². The summed E-state index contributed by atoms with van der Waals surface area (Å²) in [6.45, 7) is 1.65. The van der Waals surface area contributed by atoms with Gasteiger partial charge in [0, 0.05) is 18.2 Å². The van der Waals surface area contributed by atoms with Crippen molar-refractivity contribution in [3.05, 3.63) is 72.4 Å². The van der Waals surface area contributed by atoms with Gasteiger partial charge < -0.3 is 9.64 Å². The normalized spacial score (nSPS) is 16.9. The van der Waals surface area contributed by atoms with Crippen LogP contribution in [0.2, 0.25) is 0 Å². The minimum absolute atomic E-state index is 0.0538. The number of nitrogens with zero attached hydrogens (tertiary/aromatic N) is 3. The van der Waals surface area contributed by atoms with E-state index in [1.807, 2.05) is 60.7 Å². The van der Waals surface area contributed by atoms with Gasteiger partial charge in [0.05, 0.1) is 22.9 Å². The van der Waals surface area contributed by atoms with E-state index in [1.165, 1.54) is 9.58 Å². The molecule has 1 aromatic heterocycles. The Kier molecular flexibility index (Phi) is 6.60. The molecule has 0 radical (unpaired) electrons. The van der Waals surface area contributed by atoms with Gasteiger partial charge >= 0.3 is 5.97 Å². The van der Waals surface area contributed by atoms with E-state index in [-0.39, 0.29) is 23.2 Å². The van der Waals surface area contributed by atoms with Crippen LogP contribution in [0.5, 0.6) is 0 Å². The summed E-state index contributed by atoms with van der Waals surface area (Å²) in [6, 6.07) is 19.9. The molecule has 172 valence electrons. The molecule has 0 bridgehead atoms. The smallest absolute Gasteiger partial charge is 0.357 e. The van der Waals surface area contributed by atoms with Crippen molar-refractivity contribution in [3.63, 3.8) is 0 Å². The quantitative estimate of drug-likeness (QED) is 0.496. The number of hydrogen-bond donors (Lipinski definition) is 0. The third-order valence-corrected chi connectivity index (χ3v) is 7.38. The van der Waals surface area contributed by atoms with Gasteiger partial charge in [-0.25, -0.2) is 17.9 Å². The predicted molar refractivity (Wildman–Crippen MR) is 124 cm³/mol. The monoisotopic (exact) mass is 467 g/mol. The summed E-state index contributed by atoms with van der Waals surface area (Å²) < 4.78 is 30.4. The van der Waals surface area contributed by atoms with E-state index in [4.69, 9.17) is 4.74 Å². The van der Waals surface area contributed by atoms with E-state index in [0.29, 0.717) is 24.3 Å². The van der Waals surface area contributed by atoms with Gasteiger partial charge in [0.1, 0.15) is 0 Å². The Bertz CT molecular complexity index is 1240. The predicted octanol–water partition coefficient (Wildman–Crippen LogP) is 2.73. The summed E-state index contributed by atoms with van der Waals surface area (Å²) in [5.41, 5.74) is 2.32. The van der Waals surface area contributed by atoms with Crippen LogP contribution in [0, 0.1) is 0 Å². The first-order chi connectivity index (χ1) is 15.9. The third kappa shape index (κ3) is 5.14. The molecule has 2 heterocycles. The Morgan fingerprint density at radius 1 is 1.09 bits per heavy atom. The fourth-order valence-corrected chi connectivity index (χ4v) is 5.72. The van der Waals surface area contributed by atoms with Crippen molar-refractivity contribution in [1.82, 2.24) is 14.7 Å². The first kappa shape index (κ1) is 22.7. The molecule has 1 aliphatic heterocycles. The second-order valence-corrected chi connectivity index (χ2v) is 10.1. The summed E-state index contributed by atoms with van der Waals surface area (Å²) in [5.74, 6) is -1.08. The summed E-state index contributed by atoms with van der Waals surface area (Å²) in [5, 5.41) is 4.58. The van der Waals surface area contributed by atoms with Crippen LogP contribution in [0.4, 0.5) is 0 Å². The summed E-state index contributed by atoms with van der Waals surface area (Å²) >= 11 is 0. The molecule has 1 fully saturated rings. The zero-order valence-electron chi connectivity index (χ0n) is 18.3. The van der Waals surface area contributed by atoms with Crippen LogP contribution in [-0.4, -0.2) is 65.7 Å². The molecule has 1 saturated heterocycles. The average Bonchev–Trinajstić information content (AvgIpc) is 3.43. The number of carbonyl (C=O) groups is 2. The van der Waals surface area contributed by atoms with Crippen LogP contribution in [0.15, 0.2) is 66.7 Å². The Hall–Kier alpha value is -3.46. The second kappa shape index (κ2) is 9.58. The number of sulfone groups is 1. The number of ether oxygens (including phenoxy) is 1. The van der Waals surface area contributed by atoms with Crippen molar-refractivity contribution in [2.24, 2.45) is 0 Å². The number of para-hydroxylation sites is 1. The average molecular weight is 468 g/mol. The highest BCUT2D eigenvalue weighted by Gasteiger charge is 2.34. The number of benzene rings is 2. The molecule has 3 aromatic rings. The van der Waals surface area contributed by atoms with Gasteiger partial charge in [-0.05, 0) is 31.5 Å². The molecule has 1 atom stereocenters. The van der Waals surface area contributed by atoms with Gasteiger partial charge in [0.15, 0.2) is 22.1 Å². The van der Waals surface area contributed by atoms with Crippen LogP contribution in [0.25, 0.3) is 16.9 Å². The van der Waals surface area contributed by atoms with E-state index in [9.17, 15) is 18.0 Å². The lowest BCUT2D eigenvalue weighted by Crippen LogP contribution is -2.43. The summed E-state index contributed by atoms with van der Waals surface area (Å²) in [4.78, 5) is 27.2. The Morgan fingerprint density at radius 2 is 1.76 bits per heavy atom. The topological polar surface area (TPSA) is 98.6 Å². The van der Waals surface area contributed by atoms with Gasteiger partial charge in [-0.3, -0.25) is 4.79 Å². The molecule has 8 nitrogen and oxygen atoms in total. The highest BCUT2D eigenvalue weighted by atomic mass is 32.2. The third-order valence-electron chi connectivity index (χ3n) is 5.63. The number of hydrogen-bond acceptors (Lipinski definition) is 6. The largest absolute Gasteiger partial charge is 0.451 e. The molecule has 0 spiro atoms. The first-order valence-corrected chi connectivity index (χ1v) is 12.6. The van der Waals surface area contributed by atoms with E-state index < -0.39 is 28.3 Å². The summed E-state index contributed by atoms with van der Waals surface area (Å²) in [6.07, 6.45) is 0.400. The number of carbonyl (C=O) groups excluding carboxylic acids is 2. The number of esters is 1. The molecule has 1 amide bonds. The Morgan fingerprint density at radius 3 is 2.36 bits per heavy atom. The maximum atomic E-state index is 13.0. The Labute approximate surface area is 192 Å². The zero-order valence-corrected chi connectivity index (χ0v) is 19.1. The van der Waals surface area contributed by atoms with Crippen LogP contribution in [0.3, 0.4) is 0 Å². The number of rotatable bonds is 7. The zero-order chi connectivity index (χ0) is 23.4. The van der Waals surface area contributed by atoms with Gasteiger partial charge in [-0.15, -0.1) is 0 Å².